The summed E-state index contributed by atoms with van der Waals surface area (Å²) in [5.41, 5.74) is 0. The summed E-state index contributed by atoms with van der Waals surface area (Å²) in [5.74, 6) is 0. The van der Waals surface area contributed by atoms with E-state index >= 15 is 0 Å². The van der Waals surface area contributed by atoms with Crippen LogP contribution in [0.4, 0.5) is 4.79 Å². The first kappa shape index (κ1) is 8.37. The highest BCUT2D eigenvalue weighted by Crippen LogP contribution is 1.82. The van der Waals surface area contributed by atoms with Crippen LogP contribution in [0, 0.1) is 0 Å². The normalized spacial score (nSPS) is 9.55. The van der Waals surface area contributed by atoms with Crippen LogP contribution in [0.15, 0.2) is 6.33 Å². The molecule has 0 saturated heterocycles. The molecule has 0 atom stereocenters. The molecule has 0 spiro atoms. The molecule has 0 aliphatic rings. The van der Waals surface area contributed by atoms with Crippen molar-refractivity contribution in [3.8, 4) is 0 Å². The number of hydrogen-bond donors (Lipinski definition) is 1. The predicted octanol–water partition coefficient (Wildman–Crippen LogP) is -0.182. The van der Waals surface area contributed by atoms with Gasteiger partial charge in [-0.2, -0.15) is 0 Å². The smallest absolute Gasteiger partial charge is 0.280 e. The second kappa shape index (κ2) is 4.21. The highest BCUT2D eigenvalue weighted by molar-refractivity contribution is 14.1. The Hall–Kier alpha value is -0.730. The third-order valence-electron chi connectivity index (χ3n) is 0.996. The molecule has 7 heteroatoms. The van der Waals surface area contributed by atoms with Gasteiger partial charge in [0.2, 0.25) is 0 Å². The van der Waals surface area contributed by atoms with Crippen LogP contribution >= 0.6 is 22.6 Å². The zero-order valence-corrected chi connectivity index (χ0v) is 7.72. The van der Waals surface area contributed by atoms with E-state index in [-0.39, 0.29) is 3.91 Å². The summed E-state index contributed by atoms with van der Waals surface area (Å²) < 4.78 is 1.47. The Morgan fingerprint density at radius 3 is 3.09 bits per heavy atom. The molecule has 6 nitrogen and oxygen atoms in total. The van der Waals surface area contributed by atoms with Crippen LogP contribution in [-0.4, -0.2) is 30.7 Å². The average molecular weight is 267 g/mol. The summed E-state index contributed by atoms with van der Waals surface area (Å²) in [4.78, 5) is 10.4. The van der Waals surface area contributed by atoms with Crippen LogP contribution in [0.5, 0.6) is 0 Å². The van der Waals surface area contributed by atoms with E-state index in [0.29, 0.717) is 13.1 Å². The Labute approximate surface area is 76.5 Å². The summed E-state index contributed by atoms with van der Waals surface area (Å²) in [5, 5.41) is 13.1. The lowest BCUT2D eigenvalue weighted by molar-refractivity contribution is 0.262. The molecule has 1 aromatic rings. The quantitative estimate of drug-likeness (QED) is 0.468. The van der Waals surface area contributed by atoms with Gasteiger partial charge in [0.1, 0.15) is 6.33 Å². The van der Waals surface area contributed by atoms with Gasteiger partial charge in [-0.25, -0.2) is 4.68 Å². The second-order valence-corrected chi connectivity index (χ2v) is 2.75. The highest BCUT2D eigenvalue weighted by Gasteiger charge is 1.93. The minimum Gasteiger partial charge on any atom is -0.346 e. The van der Waals surface area contributed by atoms with Crippen molar-refractivity contribution in [3.63, 3.8) is 0 Å². The number of halogens is 1. The summed E-state index contributed by atoms with van der Waals surface area (Å²) >= 11 is 1.67. The lowest BCUT2D eigenvalue weighted by Gasteiger charge is -1.98. The molecule has 0 fully saturated rings. The van der Waals surface area contributed by atoms with Crippen LogP contribution in [0.1, 0.15) is 0 Å². The van der Waals surface area contributed by atoms with Crippen LogP contribution in [0.25, 0.3) is 0 Å². The molecule has 0 aliphatic carbocycles. The largest absolute Gasteiger partial charge is 0.346 e. The number of nitrogens with one attached hydrogen (secondary N) is 1. The number of rotatable bonds is 3. The Morgan fingerprint density at radius 1 is 1.73 bits per heavy atom. The van der Waals surface area contributed by atoms with Crippen molar-refractivity contribution in [3.05, 3.63) is 6.33 Å². The number of hydrogen-bond acceptors (Lipinski definition) is 4. The molecule has 1 amide bonds. The predicted molar refractivity (Wildman–Crippen MR) is 45.2 cm³/mol. The van der Waals surface area contributed by atoms with E-state index in [1.165, 1.54) is 6.33 Å². The zero-order valence-electron chi connectivity index (χ0n) is 5.57. The third-order valence-corrected chi connectivity index (χ3v) is 1.38. The van der Waals surface area contributed by atoms with Crippen molar-refractivity contribution in [2.45, 2.75) is 6.54 Å². The van der Waals surface area contributed by atoms with E-state index < -0.39 is 0 Å². The SMILES string of the molecule is O=C(I)NCCn1cnnn1. The van der Waals surface area contributed by atoms with Crippen LogP contribution in [0.3, 0.4) is 0 Å². The first-order chi connectivity index (χ1) is 5.29. The molecule has 11 heavy (non-hydrogen) atoms. The summed E-state index contributed by atoms with van der Waals surface area (Å²) in [6.07, 6.45) is 1.50. The second-order valence-electron chi connectivity index (χ2n) is 1.77. The monoisotopic (exact) mass is 267 g/mol. The molecule has 0 saturated carbocycles. The summed E-state index contributed by atoms with van der Waals surface area (Å²) in [6.45, 7) is 1.15. The van der Waals surface area contributed by atoms with Gasteiger partial charge in [0.05, 0.1) is 6.54 Å². The van der Waals surface area contributed by atoms with E-state index in [4.69, 9.17) is 0 Å². The average Bonchev–Trinajstić information content (AvgIpc) is 2.39. The van der Waals surface area contributed by atoms with Crippen molar-refractivity contribution in [2.24, 2.45) is 0 Å². The maximum absolute atomic E-state index is 10.4. The van der Waals surface area contributed by atoms with E-state index in [0.717, 1.165) is 0 Å². The van der Waals surface area contributed by atoms with Gasteiger partial charge in [-0.1, -0.05) is 0 Å². The Kier molecular flexibility index (Phi) is 3.20. The number of carbonyl (C=O) groups excluding carboxylic acids is 1. The number of amides is 1. The number of tetrazole rings is 1. The molecule has 1 N–H and O–H groups in total. The summed E-state index contributed by atoms with van der Waals surface area (Å²) in [6, 6.07) is 0. The van der Waals surface area contributed by atoms with E-state index in [2.05, 4.69) is 20.8 Å². The van der Waals surface area contributed by atoms with E-state index in [1.54, 1.807) is 27.3 Å². The molecule has 1 aromatic heterocycles. The van der Waals surface area contributed by atoms with E-state index in [1.807, 2.05) is 0 Å². The zero-order chi connectivity index (χ0) is 8.10. The number of carbonyl (C=O) groups is 1. The Morgan fingerprint density at radius 2 is 2.55 bits per heavy atom. The van der Waals surface area contributed by atoms with Crippen molar-refractivity contribution in [1.29, 1.82) is 0 Å². The number of nitrogens with zero attached hydrogens (tertiary/aromatic N) is 4. The maximum Gasteiger partial charge on any atom is 0.280 e. The maximum atomic E-state index is 10.4. The summed E-state index contributed by atoms with van der Waals surface area (Å²) in [7, 11) is 0. The lowest BCUT2D eigenvalue weighted by Crippen LogP contribution is -2.21. The molecule has 0 bridgehead atoms. The molecular weight excluding hydrogens is 261 g/mol. The lowest BCUT2D eigenvalue weighted by atomic mass is 10.6. The fraction of sp³-hybridized carbons (Fsp3) is 0.500. The number of aromatic nitrogens is 4. The molecule has 0 aliphatic heterocycles. The van der Waals surface area contributed by atoms with Crippen LogP contribution in [0.2, 0.25) is 0 Å². The van der Waals surface area contributed by atoms with Crippen molar-refractivity contribution >= 4 is 26.5 Å². The van der Waals surface area contributed by atoms with Crippen molar-refractivity contribution in [2.75, 3.05) is 6.54 Å². The molecule has 0 radical (unpaired) electrons. The third kappa shape index (κ3) is 3.25. The topological polar surface area (TPSA) is 72.7 Å². The highest BCUT2D eigenvalue weighted by atomic mass is 127. The van der Waals surface area contributed by atoms with Gasteiger partial charge in [0, 0.05) is 29.1 Å². The van der Waals surface area contributed by atoms with Gasteiger partial charge in [-0.15, -0.1) is 5.10 Å². The van der Waals surface area contributed by atoms with Gasteiger partial charge in [-0.3, -0.25) is 4.79 Å². The molecular formula is C4H6IN5O. The van der Waals surface area contributed by atoms with Gasteiger partial charge >= 0.3 is 0 Å². The molecule has 1 rings (SSSR count). The van der Waals surface area contributed by atoms with Crippen LogP contribution in [-0.2, 0) is 6.54 Å². The van der Waals surface area contributed by atoms with Gasteiger partial charge < -0.3 is 5.32 Å². The van der Waals surface area contributed by atoms with Gasteiger partial charge in [0.25, 0.3) is 3.91 Å². The first-order valence-corrected chi connectivity index (χ1v) is 4.01. The molecule has 60 valence electrons. The first-order valence-electron chi connectivity index (χ1n) is 2.93. The minimum absolute atomic E-state index is 0.0734. The fourth-order valence-electron chi connectivity index (χ4n) is 0.551. The minimum atomic E-state index is -0.0734. The van der Waals surface area contributed by atoms with E-state index in [9.17, 15) is 4.79 Å². The van der Waals surface area contributed by atoms with Crippen LogP contribution < -0.4 is 5.32 Å². The molecule has 1 heterocycles. The fourth-order valence-corrected chi connectivity index (χ4v) is 0.821. The van der Waals surface area contributed by atoms with Gasteiger partial charge in [0.15, 0.2) is 0 Å². The van der Waals surface area contributed by atoms with Crippen molar-refractivity contribution in [1.82, 2.24) is 25.5 Å². The molecule has 0 aromatic carbocycles. The van der Waals surface area contributed by atoms with Gasteiger partial charge in [-0.05, 0) is 10.4 Å². The van der Waals surface area contributed by atoms with Crippen molar-refractivity contribution < 1.29 is 4.79 Å². The standard InChI is InChI=1S/C4H6IN5O/c5-4(11)6-1-2-10-3-7-8-9-10/h3H,1-2H2,(H,6,11). The Balaban J connectivity index is 2.19. The molecule has 0 unspecified atom stereocenters. The Bertz CT molecular complexity index is 222.